The van der Waals surface area contributed by atoms with E-state index in [0.717, 1.165) is 23.3 Å². The monoisotopic (exact) mass is 731 g/mol. The summed E-state index contributed by atoms with van der Waals surface area (Å²) in [6, 6.07) is 7.78. The summed E-state index contributed by atoms with van der Waals surface area (Å²) in [7, 11) is 0. The standard InChI is InChI=1S/C41H57N5O7/c1-14-29(47)52-23-45(22-30(48)51-15-2)37(49)33-32(42-13)31(36-43-35(44-46(33)36)25-16-18-26(19-17-25)39(4,5)6)38(50)53-34-27(40(7,8)9)20-24(3)21-28(34)41(10,11)12/h16-19,24,27-28,34H,14-15,20-23H2,1-12H3,(H,43,44). The molecule has 0 radical (unpaired) electrons. The van der Waals surface area contributed by atoms with Crippen molar-refractivity contribution in [1.29, 1.82) is 0 Å². The zero-order chi connectivity index (χ0) is 39.6. The predicted octanol–water partition coefficient (Wildman–Crippen LogP) is 8.37. The maximum atomic E-state index is 14.7. The molecular weight excluding hydrogens is 674 g/mol. The highest BCUT2D eigenvalue weighted by molar-refractivity contribution is 6.11. The molecule has 1 aliphatic rings. The van der Waals surface area contributed by atoms with Gasteiger partial charge in [0.15, 0.2) is 18.2 Å². The molecule has 3 aromatic rings. The van der Waals surface area contributed by atoms with E-state index in [4.69, 9.17) is 25.8 Å². The van der Waals surface area contributed by atoms with Crippen LogP contribution in [0.15, 0.2) is 24.3 Å². The fourth-order valence-electron chi connectivity index (χ4n) is 7.24. The average Bonchev–Trinajstić information content (AvgIpc) is 3.62. The molecule has 2 aromatic heterocycles. The van der Waals surface area contributed by atoms with E-state index in [2.05, 4.69) is 79.2 Å². The number of nitrogens with one attached hydrogen (secondary N) is 1. The van der Waals surface area contributed by atoms with Crippen molar-refractivity contribution in [2.75, 3.05) is 19.9 Å². The molecule has 12 heteroatoms. The Labute approximate surface area is 313 Å². The summed E-state index contributed by atoms with van der Waals surface area (Å²) >= 11 is 0. The van der Waals surface area contributed by atoms with Crippen LogP contribution in [0.3, 0.4) is 0 Å². The van der Waals surface area contributed by atoms with Crippen LogP contribution >= 0.6 is 0 Å². The highest BCUT2D eigenvalue weighted by Crippen LogP contribution is 2.50. The van der Waals surface area contributed by atoms with Gasteiger partial charge in [0.25, 0.3) is 5.91 Å². The Hall–Kier alpha value is -4.66. The topological polar surface area (TPSA) is 137 Å². The van der Waals surface area contributed by atoms with Crippen LogP contribution in [0, 0.1) is 35.2 Å². The van der Waals surface area contributed by atoms with E-state index in [1.165, 1.54) is 4.52 Å². The number of nitrogens with zero attached hydrogens (tertiary/aromatic N) is 4. The molecule has 2 heterocycles. The van der Waals surface area contributed by atoms with Gasteiger partial charge >= 0.3 is 17.9 Å². The second kappa shape index (κ2) is 15.7. The lowest BCUT2D eigenvalue weighted by atomic mass is 9.59. The van der Waals surface area contributed by atoms with E-state index >= 15 is 0 Å². The number of hydrogen-bond acceptors (Lipinski definition) is 8. The second-order valence-electron chi connectivity index (χ2n) is 17.4. The number of ether oxygens (including phenoxy) is 3. The number of carbonyl (C=O) groups excluding carboxylic acids is 4. The third-order valence-electron chi connectivity index (χ3n) is 10.3. The first-order valence-electron chi connectivity index (χ1n) is 18.6. The summed E-state index contributed by atoms with van der Waals surface area (Å²) in [5.41, 5.74) is 0.666. The zero-order valence-electron chi connectivity index (χ0n) is 33.5. The van der Waals surface area contributed by atoms with E-state index in [1.54, 1.807) is 13.8 Å². The van der Waals surface area contributed by atoms with Crippen molar-refractivity contribution in [3.8, 4) is 11.4 Å². The molecule has 4 rings (SSSR count). The van der Waals surface area contributed by atoms with Crippen LogP contribution in [0.4, 0.5) is 5.69 Å². The fraction of sp³-hybridized carbons (Fsp3) is 0.610. The molecular formula is C41H57N5O7. The van der Waals surface area contributed by atoms with Crippen molar-refractivity contribution in [2.45, 2.75) is 114 Å². The van der Waals surface area contributed by atoms with Gasteiger partial charge in [0.2, 0.25) is 5.69 Å². The van der Waals surface area contributed by atoms with Gasteiger partial charge < -0.3 is 14.2 Å². The van der Waals surface area contributed by atoms with Crippen molar-refractivity contribution in [1.82, 2.24) is 19.5 Å². The summed E-state index contributed by atoms with van der Waals surface area (Å²) in [5, 5.41) is 3.14. The molecule has 1 amide bonds. The van der Waals surface area contributed by atoms with Crippen LogP contribution < -0.4 is 0 Å². The molecule has 1 aromatic carbocycles. The molecule has 1 N–H and O–H groups in total. The van der Waals surface area contributed by atoms with Gasteiger partial charge in [-0.1, -0.05) is 100 Å². The molecule has 0 bridgehead atoms. The highest BCUT2D eigenvalue weighted by Gasteiger charge is 2.48. The van der Waals surface area contributed by atoms with Crippen LogP contribution in [0.2, 0.25) is 0 Å². The molecule has 2 unspecified atom stereocenters. The molecule has 1 saturated carbocycles. The number of fused-ring (bicyclic) bond motifs is 1. The van der Waals surface area contributed by atoms with E-state index < -0.39 is 43.2 Å². The van der Waals surface area contributed by atoms with E-state index in [-0.39, 0.29) is 63.7 Å². The SMILES string of the molecule is [C-]#[N+]c1c(C(=O)OC2C(C(C)(C)C)CC(C)CC2C(C)(C)C)c2nc(-c3ccc(C(C)(C)C)cc3)[nH]n2c1C(=O)N(COC(=O)CC)CC(=O)OCC. The third-order valence-corrected chi connectivity index (χ3v) is 10.3. The van der Waals surface area contributed by atoms with E-state index in [1.807, 2.05) is 24.3 Å². The molecule has 12 nitrogen and oxygen atoms in total. The number of carbonyl (C=O) groups is 4. The zero-order valence-corrected chi connectivity index (χ0v) is 33.5. The minimum absolute atomic E-state index is 0.0272. The van der Waals surface area contributed by atoms with Crippen molar-refractivity contribution >= 4 is 35.1 Å². The Bertz CT molecular complexity index is 1840. The van der Waals surface area contributed by atoms with Gasteiger partial charge in [-0.2, -0.15) is 0 Å². The lowest BCUT2D eigenvalue weighted by Crippen LogP contribution is -2.49. The number of aromatic nitrogens is 3. The third kappa shape index (κ3) is 9.11. The Morgan fingerprint density at radius 3 is 2.00 bits per heavy atom. The molecule has 1 aliphatic carbocycles. The maximum Gasteiger partial charge on any atom is 0.331 e. The van der Waals surface area contributed by atoms with E-state index in [9.17, 15) is 19.2 Å². The number of rotatable bonds is 10. The fourth-order valence-corrected chi connectivity index (χ4v) is 7.24. The first-order chi connectivity index (χ1) is 24.6. The first-order valence-corrected chi connectivity index (χ1v) is 18.6. The molecule has 0 aliphatic heterocycles. The predicted molar refractivity (Wildman–Crippen MR) is 202 cm³/mol. The Balaban J connectivity index is 1.93. The Morgan fingerprint density at radius 2 is 1.51 bits per heavy atom. The van der Waals surface area contributed by atoms with Crippen LogP contribution in [-0.4, -0.2) is 69.3 Å². The average molecular weight is 732 g/mol. The van der Waals surface area contributed by atoms with Crippen LogP contribution in [-0.2, 0) is 29.2 Å². The second-order valence-corrected chi connectivity index (χ2v) is 17.4. The minimum Gasteiger partial charge on any atom is -0.465 e. The highest BCUT2D eigenvalue weighted by atomic mass is 16.6. The Kier molecular flexibility index (Phi) is 12.2. The number of hydrogen-bond donors (Lipinski definition) is 1. The van der Waals surface area contributed by atoms with Gasteiger partial charge in [-0.15, -0.1) is 0 Å². The lowest BCUT2D eigenvalue weighted by Gasteiger charge is -2.50. The molecule has 1 fully saturated rings. The molecule has 0 saturated heterocycles. The summed E-state index contributed by atoms with van der Waals surface area (Å²) in [6.45, 7) is 31.9. The summed E-state index contributed by atoms with van der Waals surface area (Å²) < 4.78 is 18.2. The largest absolute Gasteiger partial charge is 0.465 e. The van der Waals surface area contributed by atoms with Crippen molar-refractivity contribution in [2.24, 2.45) is 28.6 Å². The number of benzene rings is 1. The quantitative estimate of drug-likeness (QED) is 0.0951. The minimum atomic E-state index is -0.841. The van der Waals surface area contributed by atoms with Gasteiger partial charge in [-0.25, -0.2) is 19.1 Å². The van der Waals surface area contributed by atoms with Crippen molar-refractivity contribution < 1.29 is 33.4 Å². The van der Waals surface area contributed by atoms with Crippen LogP contribution in [0.25, 0.3) is 21.9 Å². The van der Waals surface area contributed by atoms with Gasteiger partial charge in [0.05, 0.1) is 13.2 Å². The molecule has 2 atom stereocenters. The van der Waals surface area contributed by atoms with Crippen molar-refractivity contribution in [3.63, 3.8) is 0 Å². The number of amides is 1. The molecule has 53 heavy (non-hydrogen) atoms. The van der Waals surface area contributed by atoms with Gasteiger partial charge in [0, 0.05) is 23.8 Å². The van der Waals surface area contributed by atoms with Crippen LogP contribution in [0.5, 0.6) is 0 Å². The number of H-pyrrole nitrogens is 1. The van der Waals surface area contributed by atoms with Gasteiger partial charge in [-0.05, 0) is 47.5 Å². The summed E-state index contributed by atoms with van der Waals surface area (Å²) in [4.78, 5) is 63.4. The maximum absolute atomic E-state index is 14.7. The normalized spacial score (nSPS) is 19.4. The van der Waals surface area contributed by atoms with Crippen LogP contribution in [0.1, 0.15) is 129 Å². The number of esters is 3. The van der Waals surface area contributed by atoms with Gasteiger partial charge in [0.1, 0.15) is 23.9 Å². The van der Waals surface area contributed by atoms with Crippen molar-refractivity contribution in [3.05, 3.63) is 52.5 Å². The smallest absolute Gasteiger partial charge is 0.331 e. The summed E-state index contributed by atoms with van der Waals surface area (Å²) in [6.07, 6.45) is 1.32. The number of aromatic amines is 1. The molecule has 288 valence electrons. The van der Waals surface area contributed by atoms with Gasteiger partial charge in [-0.3, -0.25) is 24.4 Å². The first kappa shape index (κ1) is 41.1. The Morgan fingerprint density at radius 1 is 0.925 bits per heavy atom. The molecule has 0 spiro atoms. The summed E-state index contributed by atoms with van der Waals surface area (Å²) in [5.74, 6) is -2.10. The lowest BCUT2D eigenvalue weighted by molar-refractivity contribution is -0.152. The van der Waals surface area contributed by atoms with E-state index in [0.29, 0.717) is 17.3 Å².